The first-order valence-corrected chi connectivity index (χ1v) is 7.62. The van der Waals surface area contributed by atoms with E-state index in [4.69, 9.17) is 4.74 Å². The Morgan fingerprint density at radius 3 is 2.95 bits per heavy atom. The molecule has 1 aromatic carbocycles. The standard InChI is InChI=1S/C15H20BrNO2/c1-10(2)13(16)8-17-15(18)12-7-11-5-3-4-6-14(11)19-9-12/h3-6,10,12-13H,7-9H2,1-2H3,(H,17,18). The molecule has 0 spiro atoms. The van der Waals surface area contributed by atoms with Crippen molar-refractivity contribution in [3.05, 3.63) is 29.8 Å². The quantitative estimate of drug-likeness (QED) is 0.864. The highest BCUT2D eigenvalue weighted by molar-refractivity contribution is 9.09. The summed E-state index contributed by atoms with van der Waals surface area (Å²) in [6.07, 6.45) is 0.761. The minimum absolute atomic E-state index is 0.0817. The Kier molecular flexibility index (Phi) is 4.86. The molecule has 0 fully saturated rings. The van der Waals surface area contributed by atoms with E-state index in [0.29, 0.717) is 23.9 Å². The highest BCUT2D eigenvalue weighted by Gasteiger charge is 2.26. The number of fused-ring (bicyclic) bond motifs is 1. The molecule has 2 atom stereocenters. The van der Waals surface area contributed by atoms with Crippen LogP contribution in [0.25, 0.3) is 0 Å². The molecule has 4 heteroatoms. The summed E-state index contributed by atoms with van der Waals surface area (Å²) in [7, 11) is 0. The van der Waals surface area contributed by atoms with Crippen LogP contribution in [0.4, 0.5) is 0 Å². The maximum absolute atomic E-state index is 12.1. The van der Waals surface area contributed by atoms with Crippen molar-refractivity contribution in [2.45, 2.75) is 25.1 Å². The lowest BCUT2D eigenvalue weighted by atomic mass is 9.96. The Morgan fingerprint density at radius 2 is 2.21 bits per heavy atom. The second kappa shape index (κ2) is 6.42. The molecule has 1 aliphatic rings. The van der Waals surface area contributed by atoms with Crippen LogP contribution in [0, 0.1) is 11.8 Å². The number of carbonyl (C=O) groups excluding carboxylic acids is 1. The first-order valence-electron chi connectivity index (χ1n) is 6.70. The van der Waals surface area contributed by atoms with Gasteiger partial charge in [-0.3, -0.25) is 4.79 Å². The second-order valence-corrected chi connectivity index (χ2v) is 6.50. The molecule has 0 aromatic heterocycles. The minimum Gasteiger partial charge on any atom is -0.492 e. The van der Waals surface area contributed by atoms with Crippen molar-refractivity contribution in [2.24, 2.45) is 11.8 Å². The lowest BCUT2D eigenvalue weighted by molar-refractivity contribution is -0.126. The molecular weight excluding hydrogens is 306 g/mol. The zero-order valence-corrected chi connectivity index (χ0v) is 12.9. The molecule has 1 heterocycles. The molecule has 0 saturated carbocycles. The van der Waals surface area contributed by atoms with Crippen molar-refractivity contribution in [3.8, 4) is 5.75 Å². The Morgan fingerprint density at radius 1 is 1.47 bits per heavy atom. The summed E-state index contributed by atoms with van der Waals surface area (Å²) in [5.41, 5.74) is 1.12. The molecule has 2 unspecified atom stereocenters. The average molecular weight is 326 g/mol. The van der Waals surface area contributed by atoms with Crippen molar-refractivity contribution in [2.75, 3.05) is 13.2 Å². The van der Waals surface area contributed by atoms with E-state index in [9.17, 15) is 4.79 Å². The van der Waals surface area contributed by atoms with Gasteiger partial charge in [0, 0.05) is 11.4 Å². The van der Waals surface area contributed by atoms with Gasteiger partial charge in [-0.1, -0.05) is 48.0 Å². The SMILES string of the molecule is CC(C)C(Br)CNC(=O)C1COc2ccccc2C1. The van der Waals surface area contributed by atoms with Gasteiger partial charge in [-0.15, -0.1) is 0 Å². The van der Waals surface area contributed by atoms with Gasteiger partial charge in [0.15, 0.2) is 0 Å². The maximum atomic E-state index is 12.1. The van der Waals surface area contributed by atoms with E-state index in [2.05, 4.69) is 35.1 Å². The molecule has 1 N–H and O–H groups in total. The number of ether oxygens (including phenoxy) is 1. The van der Waals surface area contributed by atoms with Crippen LogP contribution in [0.5, 0.6) is 5.75 Å². The number of rotatable bonds is 4. The maximum Gasteiger partial charge on any atom is 0.226 e. The molecule has 0 bridgehead atoms. The summed E-state index contributed by atoms with van der Waals surface area (Å²) >= 11 is 3.57. The Balaban J connectivity index is 1.89. The molecular formula is C15H20BrNO2. The monoisotopic (exact) mass is 325 g/mol. The van der Waals surface area contributed by atoms with Gasteiger partial charge in [-0.2, -0.15) is 0 Å². The first kappa shape index (κ1) is 14.4. The minimum atomic E-state index is -0.0817. The lowest BCUT2D eigenvalue weighted by Crippen LogP contribution is -2.40. The fourth-order valence-corrected chi connectivity index (χ4v) is 2.24. The molecule has 0 saturated heterocycles. The number of benzene rings is 1. The summed E-state index contributed by atoms with van der Waals surface area (Å²) in [4.78, 5) is 12.4. The van der Waals surface area contributed by atoms with Gasteiger partial charge in [0.2, 0.25) is 5.91 Å². The predicted octanol–water partition coefficient (Wildman–Crippen LogP) is 2.77. The van der Waals surface area contributed by atoms with Gasteiger partial charge in [0.05, 0.1) is 5.92 Å². The number of alkyl halides is 1. The highest BCUT2D eigenvalue weighted by Crippen LogP contribution is 2.26. The van der Waals surface area contributed by atoms with Gasteiger partial charge < -0.3 is 10.1 Å². The predicted molar refractivity (Wildman–Crippen MR) is 79.7 cm³/mol. The Bertz CT molecular complexity index is 448. The number of nitrogens with one attached hydrogen (secondary N) is 1. The fourth-order valence-electron chi connectivity index (χ4n) is 2.07. The van der Waals surface area contributed by atoms with Crippen molar-refractivity contribution in [1.29, 1.82) is 0 Å². The Hall–Kier alpha value is -1.03. The zero-order valence-electron chi connectivity index (χ0n) is 11.4. The summed E-state index contributed by atoms with van der Waals surface area (Å²) < 4.78 is 5.64. The van der Waals surface area contributed by atoms with E-state index in [1.807, 2.05) is 24.3 Å². The molecule has 0 aliphatic carbocycles. The molecule has 0 radical (unpaired) electrons. The van der Waals surface area contributed by atoms with E-state index in [1.165, 1.54) is 0 Å². The first-order chi connectivity index (χ1) is 9.08. The summed E-state index contributed by atoms with van der Waals surface area (Å²) in [6, 6.07) is 7.92. The van der Waals surface area contributed by atoms with Crippen LogP contribution < -0.4 is 10.1 Å². The van der Waals surface area contributed by atoms with Gasteiger partial charge >= 0.3 is 0 Å². The molecule has 1 aliphatic heterocycles. The third kappa shape index (κ3) is 3.72. The molecule has 3 nitrogen and oxygen atoms in total. The number of para-hydroxylation sites is 1. The normalized spacial score (nSPS) is 19.5. The van der Waals surface area contributed by atoms with E-state index < -0.39 is 0 Å². The van der Waals surface area contributed by atoms with Crippen molar-refractivity contribution < 1.29 is 9.53 Å². The molecule has 104 valence electrons. The van der Waals surface area contributed by atoms with Crippen LogP contribution >= 0.6 is 15.9 Å². The molecule has 2 rings (SSSR count). The number of halogens is 1. The number of hydrogen-bond donors (Lipinski definition) is 1. The number of hydrogen-bond acceptors (Lipinski definition) is 2. The lowest BCUT2D eigenvalue weighted by Gasteiger charge is -2.25. The number of carbonyl (C=O) groups is 1. The van der Waals surface area contributed by atoms with Crippen molar-refractivity contribution in [3.63, 3.8) is 0 Å². The van der Waals surface area contributed by atoms with E-state index in [-0.39, 0.29) is 11.8 Å². The van der Waals surface area contributed by atoms with Crippen molar-refractivity contribution >= 4 is 21.8 Å². The largest absolute Gasteiger partial charge is 0.492 e. The van der Waals surface area contributed by atoms with Crippen LogP contribution in [0.15, 0.2) is 24.3 Å². The topological polar surface area (TPSA) is 38.3 Å². The van der Waals surface area contributed by atoms with Crippen LogP contribution in [0.1, 0.15) is 19.4 Å². The third-order valence-corrected chi connectivity index (χ3v) is 4.83. The molecule has 19 heavy (non-hydrogen) atoms. The highest BCUT2D eigenvalue weighted by atomic mass is 79.9. The van der Waals surface area contributed by atoms with Gasteiger partial charge in [-0.25, -0.2) is 0 Å². The van der Waals surface area contributed by atoms with E-state index in [0.717, 1.165) is 17.7 Å². The fraction of sp³-hybridized carbons (Fsp3) is 0.533. The van der Waals surface area contributed by atoms with Crippen LogP contribution in [-0.2, 0) is 11.2 Å². The van der Waals surface area contributed by atoms with Crippen molar-refractivity contribution in [1.82, 2.24) is 5.32 Å². The van der Waals surface area contributed by atoms with Gasteiger partial charge in [0.25, 0.3) is 0 Å². The average Bonchev–Trinajstić information content (AvgIpc) is 2.43. The summed E-state index contributed by atoms with van der Waals surface area (Å²) in [5.74, 6) is 1.41. The van der Waals surface area contributed by atoms with E-state index in [1.54, 1.807) is 0 Å². The van der Waals surface area contributed by atoms with Gasteiger partial charge in [-0.05, 0) is 24.0 Å². The van der Waals surface area contributed by atoms with Crippen LogP contribution in [0.2, 0.25) is 0 Å². The zero-order chi connectivity index (χ0) is 13.8. The van der Waals surface area contributed by atoms with Crippen LogP contribution in [0.3, 0.4) is 0 Å². The molecule has 1 aromatic rings. The van der Waals surface area contributed by atoms with E-state index >= 15 is 0 Å². The summed E-state index contributed by atoms with van der Waals surface area (Å²) in [6.45, 7) is 5.39. The number of amides is 1. The van der Waals surface area contributed by atoms with Gasteiger partial charge in [0.1, 0.15) is 12.4 Å². The Labute approximate surface area is 122 Å². The molecule has 1 amide bonds. The third-order valence-electron chi connectivity index (χ3n) is 3.44. The smallest absolute Gasteiger partial charge is 0.226 e. The van der Waals surface area contributed by atoms with Crippen LogP contribution in [-0.4, -0.2) is 23.9 Å². The summed E-state index contributed by atoms with van der Waals surface area (Å²) in [5, 5.41) is 3.00. The second-order valence-electron chi connectivity index (χ2n) is 5.32.